The smallest absolute Gasteiger partial charge is 0.326 e. The van der Waals surface area contributed by atoms with E-state index in [2.05, 4.69) is 41.5 Å². The Hall–Kier alpha value is -6.57. The van der Waals surface area contributed by atoms with Crippen molar-refractivity contribution in [1.29, 1.82) is 0 Å². The van der Waals surface area contributed by atoms with Gasteiger partial charge in [-0.1, -0.05) is 52.8 Å². The monoisotopic (exact) mass is 945 g/mol. The Morgan fingerprint density at radius 3 is 2.21 bits per heavy atom. The van der Waals surface area contributed by atoms with Crippen LogP contribution in [0.4, 0.5) is 0 Å². The number of para-hydroxylation sites is 1. The molecule has 1 aliphatic heterocycles. The van der Waals surface area contributed by atoms with Gasteiger partial charge in [-0.15, -0.1) is 0 Å². The molecule has 0 aliphatic carbocycles. The lowest BCUT2D eigenvalue weighted by Crippen LogP contribution is -2.61. The van der Waals surface area contributed by atoms with Gasteiger partial charge in [0.2, 0.25) is 29.5 Å². The predicted octanol–water partition coefficient (Wildman–Crippen LogP) is 1.80. The van der Waals surface area contributed by atoms with Crippen LogP contribution in [0.15, 0.2) is 60.0 Å². The second kappa shape index (κ2) is 25.5. The highest BCUT2D eigenvalue weighted by molar-refractivity contribution is 5.99. The molecule has 20 nitrogen and oxygen atoms in total. The lowest BCUT2D eigenvalue weighted by atomic mass is 9.85. The fourth-order valence-electron chi connectivity index (χ4n) is 8.18. The molecular weight excluding hydrogens is 873 g/mol. The zero-order chi connectivity index (χ0) is 50.1. The average Bonchev–Trinajstić information content (AvgIpc) is 3.94. The molecule has 0 bridgehead atoms. The average molecular weight is 945 g/mol. The number of aromatic amines is 1. The number of nitrogens with two attached hydrogens (primary N) is 2. The van der Waals surface area contributed by atoms with Crippen LogP contribution in [0, 0.1) is 11.3 Å². The highest BCUT2D eigenvalue weighted by atomic mass is 16.4. The number of nitrogens with one attached hydrogen (secondary N) is 6. The molecule has 4 rings (SSSR count). The molecule has 68 heavy (non-hydrogen) atoms. The van der Waals surface area contributed by atoms with Crippen molar-refractivity contribution in [3.63, 3.8) is 0 Å². The zero-order valence-corrected chi connectivity index (χ0v) is 40.5. The third-order valence-corrected chi connectivity index (χ3v) is 11.8. The van der Waals surface area contributed by atoms with Crippen molar-refractivity contribution in [2.75, 3.05) is 33.7 Å². The number of fused-ring (bicyclic) bond motifs is 1. The third-order valence-electron chi connectivity index (χ3n) is 11.8. The molecule has 0 saturated carbocycles. The molecule has 1 aromatic carbocycles. The number of guanidine groups is 1. The van der Waals surface area contributed by atoms with E-state index in [0.29, 0.717) is 18.4 Å². The molecule has 11 N–H and O–H groups in total. The number of benzene rings is 1. The van der Waals surface area contributed by atoms with Crippen LogP contribution in [0.1, 0.15) is 102 Å². The van der Waals surface area contributed by atoms with Crippen molar-refractivity contribution in [1.82, 2.24) is 46.4 Å². The van der Waals surface area contributed by atoms with Crippen LogP contribution in [0.5, 0.6) is 0 Å². The first-order chi connectivity index (χ1) is 32.2. The first kappa shape index (κ1) is 54.0. The first-order valence-electron chi connectivity index (χ1n) is 23.4. The predicted molar refractivity (Wildman–Crippen MR) is 259 cm³/mol. The minimum atomic E-state index is -1.25. The van der Waals surface area contributed by atoms with E-state index in [1.807, 2.05) is 57.1 Å². The van der Waals surface area contributed by atoms with Crippen molar-refractivity contribution < 1.29 is 38.7 Å². The number of carboxylic acids is 1. The molecular formula is C48H72N12O8. The van der Waals surface area contributed by atoms with Gasteiger partial charge in [-0.25, -0.2) is 4.79 Å². The normalized spacial score (nSPS) is 16.0. The molecule has 0 radical (unpaired) electrons. The Bertz CT molecular complexity index is 2220. The van der Waals surface area contributed by atoms with Crippen molar-refractivity contribution in [2.45, 2.75) is 129 Å². The van der Waals surface area contributed by atoms with E-state index >= 15 is 0 Å². The lowest BCUT2D eigenvalue weighted by Gasteiger charge is -2.33. The Morgan fingerprint density at radius 1 is 0.868 bits per heavy atom. The van der Waals surface area contributed by atoms with Gasteiger partial charge in [-0.2, -0.15) is 0 Å². The van der Waals surface area contributed by atoms with Crippen LogP contribution in [0.2, 0.25) is 0 Å². The summed E-state index contributed by atoms with van der Waals surface area (Å²) in [6, 6.07) is 3.80. The fraction of sp³-hybridized carbons (Fsp3) is 0.562. The van der Waals surface area contributed by atoms with Crippen molar-refractivity contribution >= 4 is 58.3 Å². The number of hydrogen-bond donors (Lipinski definition) is 9. The van der Waals surface area contributed by atoms with Gasteiger partial charge in [0.1, 0.15) is 36.3 Å². The Balaban J connectivity index is 1.62. The SMILES string of the molecule is CC(C)C[C@H](NC(=O)[C@@H](NC(=O)[C@H](Cc1c[nH]c2ccccc12)NC(=O)[C@@H]1CCCN1C(=O)[C@H](CCCN=C(N)N)NC(=O)[C@H](CCCCN(C)C)NC(=O)c1cccnc1)C(C)(C)C)C(=O)O. The number of rotatable bonds is 25. The fourth-order valence-corrected chi connectivity index (χ4v) is 8.18. The molecule has 372 valence electrons. The summed E-state index contributed by atoms with van der Waals surface area (Å²) in [5.41, 5.74) is 12.0. The lowest BCUT2D eigenvalue weighted by molar-refractivity contribution is -0.143. The van der Waals surface area contributed by atoms with Gasteiger partial charge in [0.25, 0.3) is 5.91 Å². The Morgan fingerprint density at radius 2 is 1.56 bits per heavy atom. The summed E-state index contributed by atoms with van der Waals surface area (Å²) in [4.78, 5) is 112. The number of likely N-dealkylation sites (tertiary alicyclic amines) is 1. The maximum absolute atomic E-state index is 14.7. The number of aliphatic imine (C=N–C) groups is 1. The number of amides is 6. The van der Waals surface area contributed by atoms with Crippen LogP contribution < -0.4 is 38.1 Å². The number of aromatic nitrogens is 2. The van der Waals surface area contributed by atoms with E-state index in [1.165, 1.54) is 17.3 Å². The highest BCUT2D eigenvalue weighted by Crippen LogP contribution is 2.24. The maximum Gasteiger partial charge on any atom is 0.326 e. The minimum Gasteiger partial charge on any atom is -0.480 e. The van der Waals surface area contributed by atoms with Crippen LogP contribution in [-0.2, 0) is 35.2 Å². The summed E-state index contributed by atoms with van der Waals surface area (Å²) < 4.78 is 0. The summed E-state index contributed by atoms with van der Waals surface area (Å²) in [5, 5.41) is 24.7. The number of pyridine rings is 1. The topological polar surface area (TPSA) is 299 Å². The number of carbonyl (C=O) groups is 7. The second-order valence-electron chi connectivity index (χ2n) is 19.2. The van der Waals surface area contributed by atoms with Gasteiger partial charge in [0.15, 0.2) is 5.96 Å². The van der Waals surface area contributed by atoms with E-state index in [0.717, 1.165) is 23.9 Å². The number of nitrogens with zero attached hydrogens (tertiary/aromatic N) is 4. The highest BCUT2D eigenvalue weighted by Gasteiger charge is 2.41. The number of carboxylic acid groups (broad SMARTS) is 1. The van der Waals surface area contributed by atoms with E-state index < -0.39 is 83.1 Å². The molecule has 1 fully saturated rings. The molecule has 1 saturated heterocycles. The van der Waals surface area contributed by atoms with Gasteiger partial charge in [-0.3, -0.25) is 38.7 Å². The molecule has 6 amide bonds. The number of H-pyrrole nitrogens is 1. The molecule has 20 heteroatoms. The quantitative estimate of drug-likeness (QED) is 0.0334. The summed E-state index contributed by atoms with van der Waals surface area (Å²) in [6.07, 6.45) is 7.53. The van der Waals surface area contributed by atoms with Crippen LogP contribution in [0.3, 0.4) is 0 Å². The van der Waals surface area contributed by atoms with Crippen molar-refractivity contribution in [2.24, 2.45) is 27.8 Å². The standard InChI is InChI=1S/C48H72N12O8/c1-29(2)25-37(46(67)68)57-44(65)39(48(3,4)5)58-42(63)36(26-31-28-53-33-17-9-8-16-32(31)33)56-43(64)38-20-14-24-60(38)45(66)35(19-13-22-52-47(49)50)55-41(62)34(18-10-11-23-59(6)7)54-40(61)30-15-12-21-51-27-30/h8-9,12,15-17,21,27-29,34-39,53H,10-11,13-14,18-20,22-26H2,1-7H3,(H,54,61)(H,55,62)(H,56,64)(H,57,65)(H,58,63)(H,67,68)(H4,49,50,52)/t34-,35-,36-,37-,38-,39+/m0/s1. The number of unbranched alkanes of at least 4 members (excludes halogenated alkanes) is 1. The van der Waals surface area contributed by atoms with Gasteiger partial charge in [-0.05, 0) is 107 Å². The van der Waals surface area contributed by atoms with Crippen LogP contribution in [0.25, 0.3) is 10.9 Å². The van der Waals surface area contributed by atoms with E-state index in [4.69, 9.17) is 11.5 Å². The molecule has 1 aliphatic rings. The number of carbonyl (C=O) groups excluding carboxylic acids is 6. The van der Waals surface area contributed by atoms with Crippen molar-refractivity contribution in [3.8, 4) is 0 Å². The van der Waals surface area contributed by atoms with E-state index in [-0.39, 0.29) is 69.1 Å². The Labute approximate surface area is 398 Å². The third kappa shape index (κ3) is 16.3. The summed E-state index contributed by atoms with van der Waals surface area (Å²) >= 11 is 0. The number of hydrogen-bond acceptors (Lipinski definition) is 10. The summed E-state index contributed by atoms with van der Waals surface area (Å²) in [6.45, 7) is 9.98. The molecule has 0 spiro atoms. The summed E-state index contributed by atoms with van der Waals surface area (Å²) in [5.74, 6) is -5.02. The van der Waals surface area contributed by atoms with E-state index in [1.54, 1.807) is 39.1 Å². The van der Waals surface area contributed by atoms with Gasteiger partial charge in [0.05, 0.1) is 5.56 Å². The maximum atomic E-state index is 14.7. The second-order valence-corrected chi connectivity index (χ2v) is 19.2. The minimum absolute atomic E-state index is 0.00396. The van der Waals surface area contributed by atoms with Gasteiger partial charge >= 0.3 is 5.97 Å². The zero-order valence-electron chi connectivity index (χ0n) is 40.5. The molecule has 3 aromatic rings. The van der Waals surface area contributed by atoms with Crippen LogP contribution in [-0.4, -0.2) is 142 Å². The molecule has 3 heterocycles. The first-order valence-corrected chi connectivity index (χ1v) is 23.4. The Kier molecular flexibility index (Phi) is 20.3. The van der Waals surface area contributed by atoms with Gasteiger partial charge in [0, 0.05) is 49.0 Å². The molecule has 6 atom stereocenters. The summed E-state index contributed by atoms with van der Waals surface area (Å²) in [7, 11) is 3.88. The van der Waals surface area contributed by atoms with E-state index in [9.17, 15) is 38.7 Å². The van der Waals surface area contributed by atoms with Gasteiger partial charge < -0.3 is 57.9 Å². The molecule has 0 unspecified atom stereocenters. The van der Waals surface area contributed by atoms with Crippen LogP contribution >= 0.6 is 0 Å². The largest absolute Gasteiger partial charge is 0.480 e. The number of aliphatic carboxylic acids is 1. The molecule has 2 aromatic heterocycles. The van der Waals surface area contributed by atoms with Crippen molar-refractivity contribution in [3.05, 3.63) is 66.1 Å².